The van der Waals surface area contributed by atoms with Gasteiger partial charge in [-0.05, 0) is 24.3 Å². The highest BCUT2D eigenvalue weighted by atomic mass is 16.5. The van der Waals surface area contributed by atoms with Gasteiger partial charge < -0.3 is 14.4 Å². The van der Waals surface area contributed by atoms with Crippen LogP contribution in [0.15, 0.2) is 54.9 Å². The lowest BCUT2D eigenvalue weighted by molar-refractivity contribution is -0.142. The number of likely N-dealkylation sites (tertiary alicyclic amines) is 1. The highest BCUT2D eigenvalue weighted by Crippen LogP contribution is 2.17. The van der Waals surface area contributed by atoms with Gasteiger partial charge in [0.1, 0.15) is 17.6 Å². The summed E-state index contributed by atoms with van der Waals surface area (Å²) in [5.41, 5.74) is 0. The number of para-hydroxylation sites is 1. The van der Waals surface area contributed by atoms with Gasteiger partial charge >= 0.3 is 0 Å². The molecule has 0 aliphatic carbocycles. The molecule has 0 spiro atoms. The number of nitrogens with zero attached hydrogens (tertiary/aromatic N) is 2. The first-order valence-electron chi connectivity index (χ1n) is 6.83. The first-order valence-corrected chi connectivity index (χ1v) is 6.83. The highest BCUT2D eigenvalue weighted by Gasteiger charge is 2.32. The van der Waals surface area contributed by atoms with Crippen molar-refractivity contribution >= 4 is 5.91 Å². The lowest BCUT2D eigenvalue weighted by Crippen LogP contribution is -2.57. The highest BCUT2D eigenvalue weighted by molar-refractivity contribution is 5.78. The summed E-state index contributed by atoms with van der Waals surface area (Å²) in [6, 6.07) is 13.0. The summed E-state index contributed by atoms with van der Waals surface area (Å²) in [6.45, 7) is 1.24. The zero-order chi connectivity index (χ0) is 14.5. The van der Waals surface area contributed by atoms with Crippen molar-refractivity contribution < 1.29 is 14.3 Å². The zero-order valence-corrected chi connectivity index (χ0v) is 11.5. The normalized spacial score (nSPS) is 14.4. The fraction of sp³-hybridized carbons (Fsp3) is 0.250. The summed E-state index contributed by atoms with van der Waals surface area (Å²) in [5.74, 6) is 1.41. The Bertz CT molecular complexity index is 583. The Hall–Kier alpha value is -2.56. The number of benzene rings is 1. The second kappa shape index (κ2) is 6.26. The van der Waals surface area contributed by atoms with Gasteiger partial charge in [-0.1, -0.05) is 18.2 Å². The van der Waals surface area contributed by atoms with Gasteiger partial charge in [0, 0.05) is 6.20 Å². The molecule has 3 rings (SSSR count). The molecule has 108 valence electrons. The molecule has 2 aromatic rings. The lowest BCUT2D eigenvalue weighted by Gasteiger charge is -2.38. The third-order valence-electron chi connectivity index (χ3n) is 3.24. The van der Waals surface area contributed by atoms with Crippen LogP contribution in [0.25, 0.3) is 0 Å². The molecule has 5 heteroatoms. The van der Waals surface area contributed by atoms with E-state index in [1.54, 1.807) is 17.3 Å². The molecular weight excluding hydrogens is 268 g/mol. The van der Waals surface area contributed by atoms with Gasteiger partial charge in [0.25, 0.3) is 5.91 Å². The first-order chi connectivity index (χ1) is 10.3. The van der Waals surface area contributed by atoms with Crippen LogP contribution >= 0.6 is 0 Å². The fourth-order valence-corrected chi connectivity index (χ4v) is 2.08. The van der Waals surface area contributed by atoms with Crippen molar-refractivity contribution in [3.05, 3.63) is 54.9 Å². The van der Waals surface area contributed by atoms with Crippen LogP contribution in [0.4, 0.5) is 0 Å². The van der Waals surface area contributed by atoms with Crippen LogP contribution in [0.2, 0.25) is 0 Å². The maximum absolute atomic E-state index is 11.9. The fourth-order valence-electron chi connectivity index (χ4n) is 2.08. The number of aromatic nitrogens is 1. The Morgan fingerprint density at radius 2 is 1.90 bits per heavy atom. The summed E-state index contributed by atoms with van der Waals surface area (Å²) in [4.78, 5) is 17.6. The number of ether oxygens (including phenoxy) is 2. The standard InChI is InChI=1S/C16H16N2O3/c19-16(12-20-13-5-2-1-3-6-13)18-10-15(11-18)21-14-7-4-8-17-9-14/h1-9,15H,10-12H2. The Kier molecular flexibility index (Phi) is 4.00. The molecular formula is C16H16N2O3. The third-order valence-corrected chi connectivity index (χ3v) is 3.24. The number of carbonyl (C=O) groups excluding carboxylic acids is 1. The summed E-state index contributed by atoms with van der Waals surface area (Å²) < 4.78 is 11.1. The Morgan fingerprint density at radius 1 is 1.14 bits per heavy atom. The van der Waals surface area contributed by atoms with Crippen LogP contribution in [0.3, 0.4) is 0 Å². The number of hydrogen-bond acceptors (Lipinski definition) is 4. The van der Waals surface area contributed by atoms with E-state index in [4.69, 9.17) is 9.47 Å². The van der Waals surface area contributed by atoms with Gasteiger partial charge in [-0.3, -0.25) is 9.78 Å². The molecule has 0 bridgehead atoms. The van der Waals surface area contributed by atoms with E-state index in [1.165, 1.54) is 0 Å². The first kappa shape index (κ1) is 13.4. The largest absolute Gasteiger partial charge is 0.485 e. The molecule has 0 saturated carbocycles. The van der Waals surface area contributed by atoms with Crippen molar-refractivity contribution in [1.29, 1.82) is 0 Å². The molecule has 1 aromatic carbocycles. The molecule has 1 fully saturated rings. The van der Waals surface area contributed by atoms with Crippen molar-refractivity contribution in [2.24, 2.45) is 0 Å². The minimum Gasteiger partial charge on any atom is -0.485 e. The SMILES string of the molecule is O=C(COc1ccccc1)N1CC(Oc2cccnc2)C1. The minimum atomic E-state index is -0.0233. The molecule has 1 amide bonds. The second-order valence-electron chi connectivity index (χ2n) is 4.83. The molecule has 1 saturated heterocycles. The van der Waals surface area contributed by atoms with Crippen molar-refractivity contribution in [1.82, 2.24) is 9.88 Å². The quantitative estimate of drug-likeness (QED) is 0.839. The van der Waals surface area contributed by atoms with Gasteiger partial charge in [-0.15, -0.1) is 0 Å². The average Bonchev–Trinajstić information content (AvgIpc) is 2.50. The van der Waals surface area contributed by atoms with Crippen molar-refractivity contribution in [3.63, 3.8) is 0 Å². The van der Waals surface area contributed by atoms with E-state index < -0.39 is 0 Å². The molecule has 0 unspecified atom stereocenters. The maximum Gasteiger partial charge on any atom is 0.260 e. The van der Waals surface area contributed by atoms with E-state index in [2.05, 4.69) is 4.98 Å². The summed E-state index contributed by atoms with van der Waals surface area (Å²) in [6.07, 6.45) is 3.41. The number of pyridine rings is 1. The van der Waals surface area contributed by atoms with E-state index in [0.29, 0.717) is 18.8 Å². The molecule has 0 atom stereocenters. The number of amides is 1. The van der Waals surface area contributed by atoms with Crippen LogP contribution in [0, 0.1) is 0 Å². The Balaban J connectivity index is 1.40. The van der Waals surface area contributed by atoms with Crippen molar-refractivity contribution in [3.8, 4) is 11.5 Å². The molecule has 2 heterocycles. The number of rotatable bonds is 5. The third kappa shape index (κ3) is 3.51. The molecule has 1 aromatic heterocycles. The van der Waals surface area contributed by atoms with E-state index in [0.717, 1.165) is 5.75 Å². The van der Waals surface area contributed by atoms with Gasteiger partial charge in [-0.2, -0.15) is 0 Å². The monoisotopic (exact) mass is 284 g/mol. The predicted octanol–water partition coefficient (Wildman–Crippen LogP) is 1.75. The van der Waals surface area contributed by atoms with Crippen LogP contribution in [0.5, 0.6) is 11.5 Å². The smallest absolute Gasteiger partial charge is 0.260 e. The predicted molar refractivity (Wildman–Crippen MR) is 77.2 cm³/mol. The van der Waals surface area contributed by atoms with E-state index in [1.807, 2.05) is 42.5 Å². The van der Waals surface area contributed by atoms with Crippen molar-refractivity contribution in [2.75, 3.05) is 19.7 Å². The van der Waals surface area contributed by atoms with Crippen LogP contribution in [-0.4, -0.2) is 41.6 Å². The molecule has 1 aliphatic heterocycles. The van der Waals surface area contributed by atoms with Crippen LogP contribution < -0.4 is 9.47 Å². The number of hydrogen-bond donors (Lipinski definition) is 0. The van der Waals surface area contributed by atoms with Gasteiger partial charge in [0.15, 0.2) is 6.61 Å². The van der Waals surface area contributed by atoms with E-state index in [-0.39, 0.29) is 18.6 Å². The van der Waals surface area contributed by atoms with Crippen LogP contribution in [-0.2, 0) is 4.79 Å². The summed E-state index contributed by atoms with van der Waals surface area (Å²) in [7, 11) is 0. The molecule has 5 nitrogen and oxygen atoms in total. The minimum absolute atomic E-state index is 0.0233. The second-order valence-corrected chi connectivity index (χ2v) is 4.83. The number of carbonyl (C=O) groups is 1. The van der Waals surface area contributed by atoms with Gasteiger partial charge in [0.05, 0.1) is 19.3 Å². The van der Waals surface area contributed by atoms with E-state index in [9.17, 15) is 4.79 Å². The zero-order valence-electron chi connectivity index (χ0n) is 11.5. The molecule has 0 radical (unpaired) electrons. The van der Waals surface area contributed by atoms with Crippen molar-refractivity contribution in [2.45, 2.75) is 6.10 Å². The van der Waals surface area contributed by atoms with Gasteiger partial charge in [0.2, 0.25) is 0 Å². The molecule has 0 N–H and O–H groups in total. The molecule has 21 heavy (non-hydrogen) atoms. The molecule has 1 aliphatic rings. The Labute approximate surface area is 123 Å². The topological polar surface area (TPSA) is 51.7 Å². The maximum atomic E-state index is 11.9. The summed E-state index contributed by atoms with van der Waals surface area (Å²) >= 11 is 0. The van der Waals surface area contributed by atoms with Gasteiger partial charge in [-0.25, -0.2) is 0 Å². The summed E-state index contributed by atoms with van der Waals surface area (Å²) in [5, 5.41) is 0. The van der Waals surface area contributed by atoms with E-state index >= 15 is 0 Å². The average molecular weight is 284 g/mol. The lowest BCUT2D eigenvalue weighted by atomic mass is 10.1. The Morgan fingerprint density at radius 3 is 2.62 bits per heavy atom. The van der Waals surface area contributed by atoms with Crippen LogP contribution in [0.1, 0.15) is 0 Å².